The molecule has 0 saturated carbocycles. The smallest absolute Gasteiger partial charge is 0.166 e. The first kappa shape index (κ1) is 18.8. The van der Waals surface area contributed by atoms with Crippen molar-refractivity contribution >= 4 is 27.7 Å². The maximum atomic E-state index is 13.5. The molecule has 156 valence electrons. The minimum absolute atomic E-state index is 0.0431. The van der Waals surface area contributed by atoms with Gasteiger partial charge in [-0.2, -0.15) is 0 Å². The van der Waals surface area contributed by atoms with Crippen molar-refractivity contribution in [2.45, 2.75) is 31.5 Å². The van der Waals surface area contributed by atoms with E-state index in [4.69, 9.17) is 9.15 Å². The number of morpholine rings is 1. The van der Waals surface area contributed by atoms with E-state index in [0.29, 0.717) is 25.3 Å². The van der Waals surface area contributed by atoms with Crippen LogP contribution in [0.25, 0.3) is 21.9 Å². The molecule has 4 heteroatoms. The molecule has 3 heterocycles. The third kappa shape index (κ3) is 3.36. The molecule has 4 nitrogen and oxygen atoms in total. The second-order valence-electron chi connectivity index (χ2n) is 8.84. The van der Waals surface area contributed by atoms with Gasteiger partial charge in [-0.05, 0) is 42.7 Å². The number of furan rings is 1. The summed E-state index contributed by atoms with van der Waals surface area (Å²) < 4.78 is 11.8. The Morgan fingerprint density at radius 2 is 1.55 bits per heavy atom. The largest absolute Gasteiger partial charge is 0.456 e. The second-order valence-corrected chi connectivity index (χ2v) is 8.84. The molecule has 6 rings (SSSR count). The Hall–Kier alpha value is -2.95. The summed E-state index contributed by atoms with van der Waals surface area (Å²) in [6.45, 7) is 2.34. The van der Waals surface area contributed by atoms with Crippen LogP contribution in [0.3, 0.4) is 0 Å². The van der Waals surface area contributed by atoms with Crippen molar-refractivity contribution in [2.75, 3.05) is 13.2 Å². The first-order valence-corrected chi connectivity index (χ1v) is 11.1. The number of nitrogens with zero attached hydrogens (tertiary/aromatic N) is 1. The standard InChI is InChI=1S/C27H25NO3/c29-27(19-10-11-26-24(14-19)23-8-4-5-9-25(23)31-26)20-12-21-16-30-17-22(13-20)28(21)15-18-6-2-1-3-7-18/h1-11,14,20-22H,12-13,15-17H2. The van der Waals surface area contributed by atoms with Gasteiger partial charge in [0.05, 0.1) is 13.2 Å². The minimum Gasteiger partial charge on any atom is -0.456 e. The number of rotatable bonds is 4. The SMILES string of the molecule is O=C(c1ccc2oc3ccccc3c2c1)C1CC2COCC(C1)N2Cc1ccccc1. The number of piperidine rings is 1. The fourth-order valence-corrected chi connectivity index (χ4v) is 5.37. The Labute approximate surface area is 181 Å². The number of carbonyl (C=O) groups is 1. The molecule has 2 aliphatic rings. The molecule has 0 amide bonds. The number of ether oxygens (including phenoxy) is 1. The number of para-hydroxylation sites is 1. The molecule has 2 fully saturated rings. The molecule has 2 bridgehead atoms. The maximum absolute atomic E-state index is 13.5. The Morgan fingerprint density at radius 3 is 2.35 bits per heavy atom. The van der Waals surface area contributed by atoms with Crippen LogP contribution in [-0.2, 0) is 11.3 Å². The van der Waals surface area contributed by atoms with E-state index in [0.717, 1.165) is 46.9 Å². The number of hydrogen-bond donors (Lipinski definition) is 0. The molecule has 0 spiro atoms. The predicted octanol–water partition coefficient (Wildman–Crippen LogP) is 5.45. The number of Topliss-reactive ketones (excluding diaryl/α,β-unsaturated/α-hetero) is 1. The van der Waals surface area contributed by atoms with Gasteiger partial charge >= 0.3 is 0 Å². The first-order valence-electron chi connectivity index (χ1n) is 11.1. The van der Waals surface area contributed by atoms with Gasteiger partial charge in [0.15, 0.2) is 5.78 Å². The molecule has 0 radical (unpaired) electrons. The van der Waals surface area contributed by atoms with Crippen molar-refractivity contribution in [3.05, 3.63) is 83.9 Å². The fraction of sp³-hybridized carbons (Fsp3) is 0.296. The van der Waals surface area contributed by atoms with Crippen LogP contribution in [0.4, 0.5) is 0 Å². The van der Waals surface area contributed by atoms with E-state index < -0.39 is 0 Å². The van der Waals surface area contributed by atoms with Gasteiger partial charge in [-0.3, -0.25) is 9.69 Å². The summed E-state index contributed by atoms with van der Waals surface area (Å²) in [5.74, 6) is 0.296. The van der Waals surface area contributed by atoms with Crippen molar-refractivity contribution in [3.63, 3.8) is 0 Å². The highest BCUT2D eigenvalue weighted by Crippen LogP contribution is 2.36. The zero-order chi connectivity index (χ0) is 20.8. The van der Waals surface area contributed by atoms with Crippen LogP contribution in [0.2, 0.25) is 0 Å². The molecule has 1 aromatic heterocycles. The Balaban J connectivity index is 1.26. The fourth-order valence-electron chi connectivity index (χ4n) is 5.37. The summed E-state index contributed by atoms with van der Waals surface area (Å²) in [7, 11) is 0. The van der Waals surface area contributed by atoms with E-state index in [1.807, 2.05) is 36.4 Å². The van der Waals surface area contributed by atoms with Crippen LogP contribution in [0, 0.1) is 5.92 Å². The highest BCUT2D eigenvalue weighted by atomic mass is 16.5. The molecule has 31 heavy (non-hydrogen) atoms. The summed E-state index contributed by atoms with van der Waals surface area (Å²) in [5.41, 5.74) is 3.81. The van der Waals surface area contributed by atoms with Crippen molar-refractivity contribution in [3.8, 4) is 0 Å². The van der Waals surface area contributed by atoms with Crippen LogP contribution in [0.15, 0.2) is 77.2 Å². The molecular weight excluding hydrogens is 386 g/mol. The summed E-state index contributed by atoms with van der Waals surface area (Å²) in [6.07, 6.45) is 1.71. The van der Waals surface area contributed by atoms with Crippen LogP contribution in [0.1, 0.15) is 28.8 Å². The number of benzene rings is 3. The molecule has 0 aliphatic carbocycles. The summed E-state index contributed by atoms with van der Waals surface area (Å²) >= 11 is 0. The van der Waals surface area contributed by atoms with E-state index in [2.05, 4.69) is 41.3 Å². The summed E-state index contributed by atoms with van der Waals surface area (Å²) in [5, 5.41) is 2.08. The lowest BCUT2D eigenvalue weighted by molar-refractivity contribution is -0.0872. The minimum atomic E-state index is 0.0431. The topological polar surface area (TPSA) is 42.7 Å². The molecule has 2 atom stereocenters. The van der Waals surface area contributed by atoms with Gasteiger partial charge in [-0.25, -0.2) is 0 Å². The molecule has 0 N–H and O–H groups in total. The van der Waals surface area contributed by atoms with E-state index >= 15 is 0 Å². The highest BCUT2D eigenvalue weighted by molar-refractivity contribution is 6.08. The number of ketones is 1. The zero-order valence-corrected chi connectivity index (χ0v) is 17.4. The van der Waals surface area contributed by atoms with Crippen molar-refractivity contribution in [2.24, 2.45) is 5.92 Å². The quantitative estimate of drug-likeness (QED) is 0.419. The normalized spacial score (nSPS) is 23.9. The number of carbonyl (C=O) groups excluding carboxylic acids is 1. The molecule has 2 saturated heterocycles. The van der Waals surface area contributed by atoms with Crippen molar-refractivity contribution in [1.82, 2.24) is 4.90 Å². The van der Waals surface area contributed by atoms with E-state index in [-0.39, 0.29) is 11.7 Å². The van der Waals surface area contributed by atoms with Gasteiger partial charge in [-0.1, -0.05) is 48.5 Å². The Kier molecular flexibility index (Phi) is 4.62. The number of hydrogen-bond acceptors (Lipinski definition) is 4. The van der Waals surface area contributed by atoms with Crippen LogP contribution < -0.4 is 0 Å². The van der Waals surface area contributed by atoms with Gasteiger partial charge in [0.1, 0.15) is 11.2 Å². The van der Waals surface area contributed by atoms with Crippen LogP contribution in [0.5, 0.6) is 0 Å². The number of fused-ring (bicyclic) bond motifs is 5. The summed E-state index contributed by atoms with van der Waals surface area (Å²) in [4.78, 5) is 16.1. The van der Waals surface area contributed by atoms with Crippen molar-refractivity contribution in [1.29, 1.82) is 0 Å². The first-order chi connectivity index (χ1) is 15.3. The molecule has 2 aliphatic heterocycles. The highest BCUT2D eigenvalue weighted by Gasteiger charge is 2.41. The second kappa shape index (κ2) is 7.63. The molecular formula is C27H25NO3. The van der Waals surface area contributed by atoms with Crippen LogP contribution >= 0.6 is 0 Å². The average molecular weight is 412 g/mol. The Bertz CT molecular complexity index is 1230. The third-order valence-corrected chi connectivity index (χ3v) is 6.91. The lowest BCUT2D eigenvalue weighted by Gasteiger charge is -2.48. The lowest BCUT2D eigenvalue weighted by Crippen LogP contribution is -2.57. The molecule has 4 aromatic rings. The Morgan fingerprint density at radius 1 is 0.839 bits per heavy atom. The summed E-state index contributed by atoms with van der Waals surface area (Å²) in [6, 6.07) is 25.1. The lowest BCUT2D eigenvalue weighted by atomic mass is 9.80. The van der Waals surface area contributed by atoms with Gasteiger partial charge < -0.3 is 9.15 Å². The van der Waals surface area contributed by atoms with E-state index in [9.17, 15) is 4.79 Å². The maximum Gasteiger partial charge on any atom is 0.166 e. The van der Waals surface area contributed by atoms with Crippen molar-refractivity contribution < 1.29 is 13.9 Å². The average Bonchev–Trinajstić information content (AvgIpc) is 3.17. The van der Waals surface area contributed by atoms with E-state index in [1.165, 1.54) is 5.56 Å². The zero-order valence-electron chi connectivity index (χ0n) is 17.4. The van der Waals surface area contributed by atoms with Gasteiger partial charge in [0.2, 0.25) is 0 Å². The van der Waals surface area contributed by atoms with Gasteiger partial charge in [0.25, 0.3) is 0 Å². The van der Waals surface area contributed by atoms with E-state index in [1.54, 1.807) is 0 Å². The van der Waals surface area contributed by atoms with Gasteiger partial charge in [-0.15, -0.1) is 0 Å². The van der Waals surface area contributed by atoms with Crippen LogP contribution in [-0.4, -0.2) is 36.0 Å². The molecule has 2 unspecified atom stereocenters. The predicted molar refractivity (Wildman–Crippen MR) is 121 cm³/mol. The third-order valence-electron chi connectivity index (χ3n) is 6.91. The molecule has 3 aromatic carbocycles. The monoisotopic (exact) mass is 411 g/mol. The van der Waals surface area contributed by atoms with Gasteiger partial charge in [0, 0.05) is 40.9 Å².